The van der Waals surface area contributed by atoms with E-state index < -0.39 is 6.04 Å². The van der Waals surface area contributed by atoms with Crippen LogP contribution in [0, 0.1) is 31.1 Å². The molecular formula is C19H24N4O. The summed E-state index contributed by atoms with van der Waals surface area (Å²) < 4.78 is 1.92. The zero-order chi connectivity index (χ0) is 17.7. The van der Waals surface area contributed by atoms with E-state index in [4.69, 9.17) is 0 Å². The van der Waals surface area contributed by atoms with Crippen molar-refractivity contribution in [1.82, 2.24) is 15.1 Å². The van der Waals surface area contributed by atoms with Crippen LogP contribution in [0.4, 0.5) is 0 Å². The monoisotopic (exact) mass is 324 g/mol. The third-order valence-corrected chi connectivity index (χ3v) is 3.79. The van der Waals surface area contributed by atoms with E-state index in [1.807, 2.05) is 56.6 Å². The van der Waals surface area contributed by atoms with Gasteiger partial charge in [-0.1, -0.05) is 26.0 Å². The minimum atomic E-state index is -0.461. The number of aryl methyl sites for hydroxylation is 2. The van der Waals surface area contributed by atoms with Crippen molar-refractivity contribution in [3.05, 3.63) is 52.8 Å². The van der Waals surface area contributed by atoms with Gasteiger partial charge in [0.1, 0.15) is 6.04 Å². The molecule has 5 heteroatoms. The van der Waals surface area contributed by atoms with Crippen molar-refractivity contribution in [2.24, 2.45) is 5.92 Å². The number of aromatic nitrogens is 2. The Hall–Kier alpha value is -2.61. The van der Waals surface area contributed by atoms with E-state index in [-0.39, 0.29) is 5.91 Å². The molecule has 2 rings (SSSR count). The number of nitriles is 1. The van der Waals surface area contributed by atoms with Crippen molar-refractivity contribution in [1.29, 1.82) is 5.26 Å². The zero-order valence-electron chi connectivity index (χ0n) is 14.7. The molecule has 1 atom stereocenters. The Kier molecular flexibility index (Phi) is 5.75. The average molecular weight is 324 g/mol. The molecule has 0 saturated carbocycles. The number of hydrogen-bond acceptors (Lipinski definition) is 3. The summed E-state index contributed by atoms with van der Waals surface area (Å²) >= 11 is 0. The maximum Gasteiger partial charge on any atom is 0.252 e. The van der Waals surface area contributed by atoms with Gasteiger partial charge in [-0.3, -0.25) is 9.48 Å². The van der Waals surface area contributed by atoms with Crippen LogP contribution in [0.2, 0.25) is 0 Å². The molecule has 0 radical (unpaired) electrons. The number of nitrogens with zero attached hydrogens (tertiary/aromatic N) is 3. The van der Waals surface area contributed by atoms with Gasteiger partial charge in [0.15, 0.2) is 0 Å². The van der Waals surface area contributed by atoms with Crippen molar-refractivity contribution in [3.8, 4) is 6.07 Å². The fraction of sp³-hybridized carbons (Fsp3) is 0.421. The number of nitrogens with one attached hydrogen (secondary N) is 1. The third-order valence-electron chi connectivity index (χ3n) is 3.79. The maximum absolute atomic E-state index is 12.4. The molecule has 0 aliphatic carbocycles. The molecular weight excluding hydrogens is 300 g/mol. The lowest BCUT2D eigenvalue weighted by Crippen LogP contribution is -2.34. The molecule has 5 nitrogen and oxygen atoms in total. The lowest BCUT2D eigenvalue weighted by molar-refractivity contribution is 0.0942. The van der Waals surface area contributed by atoms with E-state index in [2.05, 4.69) is 16.5 Å². The number of hydrogen-bond donors (Lipinski definition) is 1. The molecule has 126 valence electrons. The number of amides is 1. The smallest absolute Gasteiger partial charge is 0.252 e. The molecule has 0 fully saturated rings. The highest BCUT2D eigenvalue weighted by atomic mass is 16.1. The summed E-state index contributed by atoms with van der Waals surface area (Å²) in [4.78, 5) is 12.4. The van der Waals surface area contributed by atoms with Crippen LogP contribution in [0.5, 0.6) is 0 Å². The molecule has 2 aromatic rings. The van der Waals surface area contributed by atoms with Gasteiger partial charge in [-0.25, -0.2) is 0 Å². The second kappa shape index (κ2) is 7.78. The molecule has 0 aliphatic heterocycles. The normalized spacial score (nSPS) is 12.0. The minimum absolute atomic E-state index is 0.211. The lowest BCUT2D eigenvalue weighted by Gasteiger charge is -2.14. The first-order valence-electron chi connectivity index (χ1n) is 8.19. The Bertz CT molecular complexity index is 755. The van der Waals surface area contributed by atoms with Crippen LogP contribution < -0.4 is 5.32 Å². The standard InChI is InChI=1S/C19H24N4O/c1-13(2)8-18(11-20)21-19(24)17-7-5-6-16(10-17)12-23-15(4)9-14(3)22-23/h5-7,9-10,13,18H,8,12H2,1-4H3,(H,21,24)/t18-/m1/s1. The molecule has 0 spiro atoms. The zero-order valence-corrected chi connectivity index (χ0v) is 14.7. The Labute approximate surface area is 143 Å². The largest absolute Gasteiger partial charge is 0.336 e. The molecule has 1 amide bonds. The highest BCUT2D eigenvalue weighted by Crippen LogP contribution is 2.11. The van der Waals surface area contributed by atoms with Gasteiger partial charge in [0.25, 0.3) is 5.91 Å². The number of benzene rings is 1. The van der Waals surface area contributed by atoms with Crippen LogP contribution in [-0.4, -0.2) is 21.7 Å². The Morgan fingerprint density at radius 1 is 1.33 bits per heavy atom. The van der Waals surface area contributed by atoms with E-state index in [0.29, 0.717) is 24.4 Å². The van der Waals surface area contributed by atoms with E-state index in [1.54, 1.807) is 6.07 Å². The van der Waals surface area contributed by atoms with Gasteiger partial charge in [0, 0.05) is 11.3 Å². The summed E-state index contributed by atoms with van der Waals surface area (Å²) in [7, 11) is 0. The van der Waals surface area contributed by atoms with Gasteiger partial charge < -0.3 is 5.32 Å². The van der Waals surface area contributed by atoms with Gasteiger partial charge in [-0.15, -0.1) is 0 Å². The fourth-order valence-corrected chi connectivity index (χ4v) is 2.68. The summed E-state index contributed by atoms with van der Waals surface area (Å²) in [6.45, 7) is 8.66. The van der Waals surface area contributed by atoms with Crippen molar-refractivity contribution in [2.75, 3.05) is 0 Å². The van der Waals surface area contributed by atoms with Crippen LogP contribution in [0.1, 0.15) is 47.6 Å². The summed E-state index contributed by atoms with van der Waals surface area (Å²) in [5.41, 5.74) is 3.64. The second-order valence-electron chi connectivity index (χ2n) is 6.57. The molecule has 0 unspecified atom stereocenters. The highest BCUT2D eigenvalue weighted by Gasteiger charge is 2.15. The van der Waals surface area contributed by atoms with E-state index in [9.17, 15) is 10.1 Å². The molecule has 0 saturated heterocycles. The highest BCUT2D eigenvalue weighted by molar-refractivity contribution is 5.94. The average Bonchev–Trinajstić information content (AvgIpc) is 2.84. The Morgan fingerprint density at radius 2 is 2.08 bits per heavy atom. The van der Waals surface area contributed by atoms with Crippen molar-refractivity contribution in [3.63, 3.8) is 0 Å². The summed E-state index contributed by atoms with van der Waals surface area (Å²) in [5, 5.41) is 16.4. The number of carbonyl (C=O) groups is 1. The van der Waals surface area contributed by atoms with Crippen LogP contribution >= 0.6 is 0 Å². The number of rotatable bonds is 6. The first-order chi connectivity index (χ1) is 11.4. The number of carbonyl (C=O) groups excluding carboxylic acids is 1. The molecule has 1 N–H and O–H groups in total. The quantitative estimate of drug-likeness (QED) is 0.887. The van der Waals surface area contributed by atoms with Crippen LogP contribution in [0.25, 0.3) is 0 Å². The lowest BCUT2D eigenvalue weighted by atomic mass is 10.0. The topological polar surface area (TPSA) is 70.7 Å². The molecule has 1 heterocycles. The predicted molar refractivity (Wildman–Crippen MR) is 93.6 cm³/mol. The summed E-state index contributed by atoms with van der Waals surface area (Å²) in [6.07, 6.45) is 0.647. The van der Waals surface area contributed by atoms with Gasteiger partial charge in [-0.2, -0.15) is 10.4 Å². The molecule has 0 bridgehead atoms. The van der Waals surface area contributed by atoms with Gasteiger partial charge >= 0.3 is 0 Å². The van der Waals surface area contributed by atoms with Gasteiger partial charge in [0.2, 0.25) is 0 Å². The van der Waals surface area contributed by atoms with E-state index >= 15 is 0 Å². The maximum atomic E-state index is 12.4. The van der Waals surface area contributed by atoms with Gasteiger partial charge in [-0.05, 0) is 49.9 Å². The van der Waals surface area contributed by atoms with E-state index in [0.717, 1.165) is 17.0 Å². The van der Waals surface area contributed by atoms with Crippen LogP contribution in [0.15, 0.2) is 30.3 Å². The van der Waals surface area contributed by atoms with Crippen molar-refractivity contribution < 1.29 is 4.79 Å². The molecule has 24 heavy (non-hydrogen) atoms. The predicted octanol–water partition coefficient (Wildman–Crippen LogP) is 3.22. The van der Waals surface area contributed by atoms with Crippen LogP contribution in [-0.2, 0) is 6.54 Å². The minimum Gasteiger partial charge on any atom is -0.336 e. The molecule has 1 aromatic heterocycles. The molecule has 0 aliphatic rings. The summed E-state index contributed by atoms with van der Waals surface area (Å²) in [5.74, 6) is 0.143. The second-order valence-corrected chi connectivity index (χ2v) is 6.57. The first-order valence-corrected chi connectivity index (χ1v) is 8.19. The Balaban J connectivity index is 2.10. The first kappa shape index (κ1) is 17.7. The fourth-order valence-electron chi connectivity index (χ4n) is 2.68. The summed E-state index contributed by atoms with van der Waals surface area (Å²) in [6, 6.07) is 11.2. The Morgan fingerprint density at radius 3 is 2.67 bits per heavy atom. The van der Waals surface area contributed by atoms with Gasteiger partial charge in [0.05, 0.1) is 18.3 Å². The molecule has 1 aromatic carbocycles. The van der Waals surface area contributed by atoms with Crippen molar-refractivity contribution >= 4 is 5.91 Å². The third kappa shape index (κ3) is 4.69. The van der Waals surface area contributed by atoms with E-state index in [1.165, 1.54) is 0 Å². The SMILES string of the molecule is Cc1cc(C)n(Cc2cccc(C(=O)N[C@@H](C#N)CC(C)C)c2)n1. The van der Waals surface area contributed by atoms with Crippen molar-refractivity contribution in [2.45, 2.75) is 46.7 Å². The van der Waals surface area contributed by atoms with Crippen LogP contribution in [0.3, 0.4) is 0 Å².